The number of alkyl halides is 3. The number of nitrogen functional groups attached to an aromatic ring is 1. The second-order valence-corrected chi connectivity index (χ2v) is 7.00. The molecule has 3 atom stereocenters. The Hall–Kier alpha value is -2.96. The van der Waals surface area contributed by atoms with E-state index in [0.29, 0.717) is 5.56 Å². The van der Waals surface area contributed by atoms with Crippen molar-refractivity contribution >= 4 is 17.1 Å². The highest BCUT2D eigenvalue weighted by Crippen LogP contribution is 2.31. The number of hydrogen-bond acceptors (Lipinski definition) is 7. The first kappa shape index (κ1) is 20.3. The van der Waals surface area contributed by atoms with Gasteiger partial charge in [0.05, 0.1) is 31.0 Å². The maximum absolute atomic E-state index is 13.1. The van der Waals surface area contributed by atoms with Crippen LogP contribution in [0.4, 0.5) is 19.1 Å². The number of halogens is 3. The number of anilines is 1. The predicted octanol–water partition coefficient (Wildman–Crippen LogP) is 0.883. The van der Waals surface area contributed by atoms with E-state index in [1.54, 1.807) is 0 Å². The molecule has 0 unspecified atom stereocenters. The smallest absolute Gasteiger partial charge is 0.394 e. The zero-order valence-electron chi connectivity index (χ0n) is 15.5. The molecule has 0 saturated carbocycles. The molecule has 2 aromatic heterocycles. The first-order chi connectivity index (χ1) is 14.2. The maximum atomic E-state index is 13.1. The van der Waals surface area contributed by atoms with Crippen LogP contribution in [0, 0.1) is 0 Å². The quantitative estimate of drug-likeness (QED) is 0.566. The predicted molar refractivity (Wildman–Crippen MR) is 98.4 cm³/mol. The molecule has 0 bridgehead atoms. The highest BCUT2D eigenvalue weighted by molar-refractivity contribution is 5.72. The number of aliphatic hydroxyl groups excluding tert-OH is 2. The summed E-state index contributed by atoms with van der Waals surface area (Å²) in [6, 6.07) is 4.42. The molecule has 1 saturated heterocycles. The minimum absolute atomic E-state index is 0.0556. The molecule has 0 aliphatic carbocycles. The number of nitrogens with two attached hydrogens (primary N) is 1. The average Bonchev–Trinajstić information content (AvgIpc) is 3.18. The zero-order chi connectivity index (χ0) is 21.6. The van der Waals surface area contributed by atoms with Crippen LogP contribution in [0.2, 0.25) is 0 Å². The topological polar surface area (TPSA) is 128 Å². The summed E-state index contributed by atoms with van der Waals surface area (Å²) in [5, 5.41) is 19.6. The first-order valence-corrected chi connectivity index (χ1v) is 9.03. The van der Waals surface area contributed by atoms with Gasteiger partial charge in [0.1, 0.15) is 11.6 Å². The monoisotopic (exact) mass is 425 g/mol. The van der Waals surface area contributed by atoms with Crippen LogP contribution in [0.1, 0.15) is 23.8 Å². The molecule has 1 aromatic carbocycles. The largest absolute Gasteiger partial charge is 0.416 e. The van der Waals surface area contributed by atoms with Gasteiger partial charge in [-0.3, -0.25) is 4.57 Å². The van der Waals surface area contributed by atoms with Crippen LogP contribution < -0.4 is 11.4 Å². The lowest BCUT2D eigenvalue weighted by molar-refractivity contribution is -0.137. The van der Waals surface area contributed by atoms with Crippen molar-refractivity contribution in [1.82, 2.24) is 19.1 Å². The number of ether oxygens (including phenoxy) is 1. The summed E-state index contributed by atoms with van der Waals surface area (Å²) in [7, 11) is 0. The summed E-state index contributed by atoms with van der Waals surface area (Å²) >= 11 is 0. The molecule has 0 radical (unpaired) electrons. The fraction of sp³-hybridized carbons (Fsp3) is 0.389. The lowest BCUT2D eigenvalue weighted by atomic mass is 10.1. The van der Waals surface area contributed by atoms with Gasteiger partial charge in [-0.05, 0) is 17.7 Å². The third-order valence-electron chi connectivity index (χ3n) is 4.97. The van der Waals surface area contributed by atoms with Gasteiger partial charge in [-0.15, -0.1) is 0 Å². The Labute approximate surface area is 167 Å². The molecule has 1 aliphatic heterocycles. The maximum Gasteiger partial charge on any atom is 0.416 e. The molecule has 4 rings (SSSR count). The number of rotatable bonds is 4. The van der Waals surface area contributed by atoms with Gasteiger partial charge in [0.25, 0.3) is 0 Å². The van der Waals surface area contributed by atoms with Crippen LogP contribution in [0.3, 0.4) is 0 Å². The molecule has 12 heteroatoms. The molecule has 160 valence electrons. The Bertz CT molecular complexity index is 1130. The molecular formula is C18H18F3N5O4. The van der Waals surface area contributed by atoms with E-state index < -0.39 is 35.9 Å². The number of nitrogens with zero attached hydrogens (tertiary/aromatic N) is 4. The lowest BCUT2D eigenvalue weighted by Gasteiger charge is -2.15. The highest BCUT2D eigenvalue weighted by Gasteiger charge is 2.38. The number of aromatic nitrogens is 4. The van der Waals surface area contributed by atoms with E-state index in [1.807, 2.05) is 0 Å². The van der Waals surface area contributed by atoms with Crippen molar-refractivity contribution in [1.29, 1.82) is 0 Å². The van der Waals surface area contributed by atoms with E-state index in [4.69, 9.17) is 10.5 Å². The van der Waals surface area contributed by atoms with E-state index in [-0.39, 0.29) is 36.7 Å². The van der Waals surface area contributed by atoms with Crippen molar-refractivity contribution in [3.05, 3.63) is 52.1 Å². The van der Waals surface area contributed by atoms with Crippen molar-refractivity contribution in [2.75, 3.05) is 12.3 Å². The Balaban J connectivity index is 1.78. The van der Waals surface area contributed by atoms with Crippen molar-refractivity contribution in [2.45, 2.75) is 37.6 Å². The summed E-state index contributed by atoms with van der Waals surface area (Å²) in [5.74, 6) is -0.103. The molecule has 0 amide bonds. The second kappa shape index (κ2) is 7.38. The van der Waals surface area contributed by atoms with Crippen LogP contribution in [0.25, 0.3) is 11.2 Å². The number of imidazole rings is 1. The van der Waals surface area contributed by atoms with Crippen LogP contribution in [-0.4, -0.2) is 48.1 Å². The number of aliphatic hydroxyl groups is 2. The molecule has 30 heavy (non-hydrogen) atoms. The van der Waals surface area contributed by atoms with Crippen molar-refractivity contribution in [2.24, 2.45) is 0 Å². The van der Waals surface area contributed by atoms with Crippen molar-refractivity contribution < 1.29 is 28.1 Å². The second-order valence-electron chi connectivity index (χ2n) is 7.00. The standard InChI is InChI=1S/C18H18F3N5O4/c19-18(20,21)10-3-1-9(2-4-10)7-25-12-6-23-16(22)24-14(12)26(17(25)29)15-13(28)5-11(8-27)30-15/h1-4,6,11,13,15,27-28H,5,7-8H2,(H2,22,23,24)/t11-,13+,15+/m0/s1. The fourth-order valence-electron chi connectivity index (χ4n) is 3.51. The molecule has 3 heterocycles. The Morgan fingerprint density at radius 1 is 1.27 bits per heavy atom. The van der Waals surface area contributed by atoms with Gasteiger partial charge in [-0.25, -0.2) is 14.3 Å². The van der Waals surface area contributed by atoms with Crippen molar-refractivity contribution in [3.63, 3.8) is 0 Å². The fourth-order valence-corrected chi connectivity index (χ4v) is 3.51. The average molecular weight is 425 g/mol. The summed E-state index contributed by atoms with van der Waals surface area (Å²) in [6.45, 7) is -0.385. The van der Waals surface area contributed by atoms with Crippen LogP contribution in [-0.2, 0) is 17.5 Å². The van der Waals surface area contributed by atoms with Gasteiger partial charge in [0.15, 0.2) is 11.9 Å². The van der Waals surface area contributed by atoms with E-state index in [1.165, 1.54) is 22.9 Å². The molecule has 4 N–H and O–H groups in total. The van der Waals surface area contributed by atoms with Crippen molar-refractivity contribution in [3.8, 4) is 0 Å². The number of fused-ring (bicyclic) bond motifs is 1. The molecule has 0 spiro atoms. The summed E-state index contributed by atoms with van der Waals surface area (Å²) in [6.07, 6.45) is -5.83. The number of hydrogen-bond donors (Lipinski definition) is 3. The normalized spacial score (nSPS) is 22.1. The van der Waals surface area contributed by atoms with Crippen LogP contribution >= 0.6 is 0 Å². The minimum atomic E-state index is -4.46. The van der Waals surface area contributed by atoms with E-state index in [2.05, 4.69) is 9.97 Å². The molecule has 9 nitrogen and oxygen atoms in total. The third-order valence-corrected chi connectivity index (χ3v) is 4.97. The van der Waals surface area contributed by atoms with Gasteiger partial charge < -0.3 is 20.7 Å². The molecule has 1 fully saturated rings. The van der Waals surface area contributed by atoms with Crippen LogP contribution in [0.5, 0.6) is 0 Å². The summed E-state index contributed by atoms with van der Waals surface area (Å²) in [4.78, 5) is 21.1. The van der Waals surface area contributed by atoms with E-state index in [0.717, 1.165) is 16.7 Å². The van der Waals surface area contributed by atoms with Gasteiger partial charge in [-0.1, -0.05) is 12.1 Å². The Kier molecular flexibility index (Phi) is 5.00. The van der Waals surface area contributed by atoms with Gasteiger partial charge >= 0.3 is 11.9 Å². The van der Waals surface area contributed by atoms with Gasteiger partial charge in [0, 0.05) is 6.42 Å². The summed E-state index contributed by atoms with van der Waals surface area (Å²) in [5.41, 5.74) is 5.09. The Morgan fingerprint density at radius 3 is 2.57 bits per heavy atom. The molecular weight excluding hydrogens is 407 g/mol. The minimum Gasteiger partial charge on any atom is -0.394 e. The zero-order valence-corrected chi connectivity index (χ0v) is 15.5. The van der Waals surface area contributed by atoms with Gasteiger partial charge in [0.2, 0.25) is 5.95 Å². The first-order valence-electron chi connectivity index (χ1n) is 9.03. The van der Waals surface area contributed by atoms with E-state index >= 15 is 0 Å². The molecule has 1 aliphatic rings. The SMILES string of the molecule is Nc1ncc2c(n1)n([C@@H]1O[C@H](CO)C[C@H]1O)c(=O)n2Cc1ccc(C(F)(F)F)cc1. The lowest BCUT2D eigenvalue weighted by Crippen LogP contribution is -2.32. The van der Waals surface area contributed by atoms with Gasteiger partial charge in [-0.2, -0.15) is 18.2 Å². The molecule has 3 aromatic rings. The number of benzene rings is 1. The summed E-state index contributed by atoms with van der Waals surface area (Å²) < 4.78 is 46.3. The Morgan fingerprint density at radius 2 is 1.97 bits per heavy atom. The third kappa shape index (κ3) is 3.53. The highest BCUT2D eigenvalue weighted by atomic mass is 19.4. The van der Waals surface area contributed by atoms with E-state index in [9.17, 15) is 28.2 Å². The van der Waals surface area contributed by atoms with Crippen LogP contribution in [0.15, 0.2) is 35.3 Å².